The fourth-order valence-corrected chi connectivity index (χ4v) is 13.1. The highest BCUT2D eigenvalue weighted by molar-refractivity contribution is 6.14. The molecule has 0 atom stereocenters. The Bertz CT molecular complexity index is 6050. The van der Waals surface area contributed by atoms with Gasteiger partial charge in [0.15, 0.2) is 17.5 Å². The third-order valence-corrected chi connectivity index (χ3v) is 17.7. The first kappa shape index (κ1) is 59.0. The molecule has 0 saturated carbocycles. The van der Waals surface area contributed by atoms with Gasteiger partial charge in [-0.3, -0.25) is 0 Å². The molecule has 3 heterocycles. The minimum atomic E-state index is 0.318. The third-order valence-electron chi connectivity index (χ3n) is 17.7. The lowest BCUT2D eigenvalue weighted by atomic mass is 9.94. The zero-order valence-electron chi connectivity index (χ0n) is 51.4. The predicted molar refractivity (Wildman–Crippen MR) is 374 cm³/mol. The Morgan fingerprint density at radius 3 is 0.908 bits per heavy atom. The maximum atomic E-state index is 11.0. The molecule has 14 heteroatoms. The molecule has 0 radical (unpaired) electrons. The van der Waals surface area contributed by atoms with Gasteiger partial charge in [-0.15, -0.1) is 0 Å². The molecular weight excluding hydrogens is 1210 g/mol. The minimum absolute atomic E-state index is 0.318. The lowest BCUT2D eigenvalue weighted by Gasteiger charge is -2.19. The van der Waals surface area contributed by atoms with Crippen LogP contribution >= 0.6 is 0 Å². The van der Waals surface area contributed by atoms with Crippen molar-refractivity contribution >= 4 is 43.6 Å². The van der Waals surface area contributed by atoms with Crippen LogP contribution in [0.15, 0.2) is 243 Å². The van der Waals surface area contributed by atoms with Crippen LogP contribution in [-0.2, 0) is 0 Å². The van der Waals surface area contributed by atoms with E-state index in [1.165, 1.54) is 0 Å². The largest absolute Gasteiger partial charge is 0.309 e. The molecule has 0 amide bonds. The van der Waals surface area contributed by atoms with Crippen molar-refractivity contribution in [3.8, 4) is 156 Å². The van der Waals surface area contributed by atoms with E-state index in [1.54, 1.807) is 78.9 Å². The molecule has 0 spiro atoms. The highest BCUT2D eigenvalue weighted by Crippen LogP contribution is 2.46. The Morgan fingerprint density at radius 1 is 0.224 bits per heavy atom. The fourth-order valence-electron chi connectivity index (χ4n) is 13.1. The molecule has 98 heavy (non-hydrogen) atoms. The number of rotatable bonds is 10. The Hall–Kier alpha value is -15.3. The van der Waals surface area contributed by atoms with Crippen LogP contribution < -0.4 is 0 Å². The van der Waals surface area contributed by atoms with Gasteiger partial charge in [0.25, 0.3) is 0 Å². The van der Waals surface area contributed by atoms with Crippen LogP contribution in [0.2, 0.25) is 0 Å². The lowest BCUT2D eigenvalue weighted by Crippen LogP contribution is -2.04. The van der Waals surface area contributed by atoms with Crippen LogP contribution in [0.1, 0.15) is 50.1 Å². The number of hydrogen-bond acceptors (Lipinski definition) is 12. The van der Waals surface area contributed by atoms with Crippen molar-refractivity contribution in [3.05, 3.63) is 293 Å². The van der Waals surface area contributed by atoms with Gasteiger partial charge in [0.05, 0.1) is 132 Å². The number of aromatic nitrogens is 5. The van der Waals surface area contributed by atoms with Crippen molar-refractivity contribution in [1.82, 2.24) is 24.1 Å². The second kappa shape index (κ2) is 24.4. The van der Waals surface area contributed by atoms with Gasteiger partial charge in [0, 0.05) is 49.5 Å². The maximum absolute atomic E-state index is 11.0. The van der Waals surface area contributed by atoms with Crippen molar-refractivity contribution < 1.29 is 0 Å². The van der Waals surface area contributed by atoms with Gasteiger partial charge in [-0.1, -0.05) is 109 Å². The molecule has 12 aromatic carbocycles. The molecule has 0 aliphatic carbocycles. The van der Waals surface area contributed by atoms with Gasteiger partial charge in [-0.05, 0) is 184 Å². The summed E-state index contributed by atoms with van der Waals surface area (Å²) in [5.74, 6) is 1.18. The Kier molecular flexibility index (Phi) is 14.7. The van der Waals surface area contributed by atoms with E-state index in [0.717, 1.165) is 65.9 Å². The molecule has 14 nitrogen and oxygen atoms in total. The SMILES string of the molecule is N#Cc1ccc(-c2ccc3c(c2)c2cc(-c4ccc(C#N)cc4C#N)ccc2n3-c2ccc(-c3nc(-c4ccccc4)nc(-c4ccccc4)n3)c(-c3cc(C#N)ccc3-n3c4ccc(-c5ccc(C#N)cc5C#N)cc4c4cc(-c5ccc(C#N)cc5C#N)ccc43)c2)c(C#N)c1. The van der Waals surface area contributed by atoms with Crippen molar-refractivity contribution in [1.29, 1.82) is 47.4 Å². The number of hydrogen-bond donors (Lipinski definition) is 0. The second-order valence-electron chi connectivity index (χ2n) is 23.1. The molecule has 0 fully saturated rings. The van der Waals surface area contributed by atoms with E-state index >= 15 is 0 Å². The van der Waals surface area contributed by atoms with E-state index in [2.05, 4.69) is 69.8 Å². The topological polar surface area (TPSA) is 263 Å². The zero-order chi connectivity index (χ0) is 67.1. The van der Waals surface area contributed by atoms with Crippen LogP contribution in [0.3, 0.4) is 0 Å². The molecule has 0 aliphatic rings. The van der Waals surface area contributed by atoms with E-state index in [-0.39, 0.29) is 0 Å². The summed E-state index contributed by atoms with van der Waals surface area (Å²) in [4.78, 5) is 15.7. The highest BCUT2D eigenvalue weighted by atomic mass is 15.0. The van der Waals surface area contributed by atoms with Gasteiger partial charge in [-0.2, -0.15) is 47.4 Å². The molecule has 15 aromatic rings. The van der Waals surface area contributed by atoms with E-state index in [9.17, 15) is 47.4 Å². The van der Waals surface area contributed by atoms with Gasteiger partial charge in [0.1, 0.15) is 0 Å². The molecule has 446 valence electrons. The molecule has 15 rings (SSSR count). The summed E-state index contributed by atoms with van der Waals surface area (Å²) in [5.41, 5.74) is 16.1. The summed E-state index contributed by atoms with van der Waals surface area (Å²) in [7, 11) is 0. The smallest absolute Gasteiger partial charge is 0.164 e. The summed E-state index contributed by atoms with van der Waals surface area (Å²) in [6.45, 7) is 0. The number of nitriles is 9. The standard InChI is InChI=1S/C84H40N14/c85-41-50-11-21-66(61(31-50)46-90)57-16-27-77-73(36-57)74-37-58(67-22-12-51(42-86)32-62(67)47-91)17-28-78(74)97(77)65-20-25-70(84-95-82(55-7-3-1-4-8-55)94-83(96-84)56-9-5-2-6-10-56)71(40-65)72-35-54(45-89)15-26-79(72)98-80-29-18-59(68-23-13-52(43-87)33-63(68)48-92)38-75(80)76-39-60(19-30-81(76)98)69-24-14-53(44-88)34-64(69)49-93/h1-40H. The lowest BCUT2D eigenvalue weighted by molar-refractivity contribution is 1.07. The summed E-state index contributed by atoms with van der Waals surface area (Å²) < 4.78 is 4.28. The van der Waals surface area contributed by atoms with Crippen molar-refractivity contribution in [2.45, 2.75) is 0 Å². The zero-order valence-corrected chi connectivity index (χ0v) is 51.4. The van der Waals surface area contributed by atoms with E-state index in [1.807, 2.05) is 158 Å². The Morgan fingerprint density at radius 2 is 0.551 bits per heavy atom. The normalized spacial score (nSPS) is 10.8. The van der Waals surface area contributed by atoms with Crippen molar-refractivity contribution in [2.24, 2.45) is 0 Å². The van der Waals surface area contributed by atoms with E-state index < -0.39 is 0 Å². The number of benzene rings is 12. The average molecular weight is 1250 g/mol. The molecule has 3 aromatic heterocycles. The summed E-state index contributed by atoms with van der Waals surface area (Å²) in [6.07, 6.45) is 0. The number of fused-ring (bicyclic) bond motifs is 6. The molecule has 0 unspecified atom stereocenters. The molecule has 0 saturated heterocycles. The van der Waals surface area contributed by atoms with Gasteiger partial charge >= 0.3 is 0 Å². The van der Waals surface area contributed by atoms with Crippen molar-refractivity contribution in [3.63, 3.8) is 0 Å². The highest BCUT2D eigenvalue weighted by Gasteiger charge is 2.26. The summed E-state index contributed by atoms with van der Waals surface area (Å²) >= 11 is 0. The monoisotopic (exact) mass is 1240 g/mol. The summed E-state index contributed by atoms with van der Waals surface area (Å²) in [6, 6.07) is 95.1. The van der Waals surface area contributed by atoms with Crippen LogP contribution in [0.4, 0.5) is 0 Å². The molecule has 0 bridgehead atoms. The quantitative estimate of drug-likeness (QED) is 0.124. The van der Waals surface area contributed by atoms with E-state index in [4.69, 9.17) is 15.0 Å². The molecule has 0 aliphatic heterocycles. The first-order chi connectivity index (χ1) is 48.1. The second-order valence-corrected chi connectivity index (χ2v) is 23.1. The van der Waals surface area contributed by atoms with Crippen molar-refractivity contribution in [2.75, 3.05) is 0 Å². The minimum Gasteiger partial charge on any atom is -0.309 e. The van der Waals surface area contributed by atoms with Crippen LogP contribution in [0.5, 0.6) is 0 Å². The average Bonchev–Trinajstić information content (AvgIpc) is 1.55. The van der Waals surface area contributed by atoms with Crippen LogP contribution in [-0.4, -0.2) is 24.1 Å². The fraction of sp³-hybridized carbons (Fsp3) is 0. The Labute approximate surface area is 560 Å². The summed E-state index contributed by atoms with van der Waals surface area (Å²) in [5, 5.41) is 95.5. The van der Waals surface area contributed by atoms with Gasteiger partial charge < -0.3 is 9.13 Å². The third kappa shape index (κ3) is 10.1. The predicted octanol–water partition coefficient (Wildman–Crippen LogP) is 18.2. The van der Waals surface area contributed by atoms with Crippen LogP contribution in [0, 0.1) is 102 Å². The first-order valence-corrected chi connectivity index (χ1v) is 30.6. The number of nitrogens with zero attached hydrogens (tertiary/aromatic N) is 14. The van der Waals surface area contributed by atoms with E-state index in [0.29, 0.717) is 129 Å². The molecular formula is C84H40N14. The van der Waals surface area contributed by atoms with Gasteiger partial charge in [-0.25, -0.2) is 15.0 Å². The van der Waals surface area contributed by atoms with Gasteiger partial charge in [0.2, 0.25) is 0 Å². The first-order valence-electron chi connectivity index (χ1n) is 30.6. The van der Waals surface area contributed by atoms with Crippen LogP contribution in [0.25, 0.3) is 145 Å². The Balaban J connectivity index is 1.04. The molecule has 0 N–H and O–H groups in total. The maximum Gasteiger partial charge on any atom is 0.164 e.